The van der Waals surface area contributed by atoms with Crippen LogP contribution in [-0.2, 0) is 6.54 Å². The molecule has 1 amide bonds. The van der Waals surface area contributed by atoms with E-state index in [4.69, 9.17) is 4.74 Å². The van der Waals surface area contributed by atoms with Crippen molar-refractivity contribution in [1.29, 1.82) is 0 Å². The number of hydrogen-bond donors (Lipinski definition) is 1. The minimum absolute atomic E-state index is 0.112. The molecule has 0 fully saturated rings. The average Bonchev–Trinajstić information content (AvgIpc) is 3.22. The van der Waals surface area contributed by atoms with Crippen molar-refractivity contribution in [3.05, 3.63) is 52.0 Å². The molecule has 0 atom stereocenters. The van der Waals surface area contributed by atoms with Gasteiger partial charge in [0.15, 0.2) is 0 Å². The third-order valence-electron chi connectivity index (χ3n) is 3.20. The molecular weight excluding hydrogens is 330 g/mol. The third kappa shape index (κ3) is 3.57. The van der Waals surface area contributed by atoms with Crippen LogP contribution in [0.4, 0.5) is 0 Å². The van der Waals surface area contributed by atoms with Crippen molar-refractivity contribution < 1.29 is 9.53 Å². The highest BCUT2D eigenvalue weighted by molar-refractivity contribution is 7.22. The van der Waals surface area contributed by atoms with E-state index in [-0.39, 0.29) is 5.91 Å². The predicted molar refractivity (Wildman–Crippen MR) is 92.1 cm³/mol. The summed E-state index contributed by atoms with van der Waals surface area (Å²) in [6.45, 7) is 2.28. The molecule has 3 aromatic rings. The lowest BCUT2D eigenvalue weighted by Crippen LogP contribution is -2.22. The van der Waals surface area contributed by atoms with Gasteiger partial charge in [-0.15, -0.1) is 22.7 Å². The van der Waals surface area contributed by atoms with Crippen molar-refractivity contribution in [3.63, 3.8) is 0 Å². The molecule has 0 saturated heterocycles. The summed E-state index contributed by atoms with van der Waals surface area (Å²) in [7, 11) is 1.57. The van der Waals surface area contributed by atoms with Crippen LogP contribution in [0, 0.1) is 6.92 Å². The van der Waals surface area contributed by atoms with Crippen molar-refractivity contribution in [2.75, 3.05) is 7.11 Å². The maximum Gasteiger partial charge on any atom is 0.263 e. The van der Waals surface area contributed by atoms with Crippen molar-refractivity contribution in [2.24, 2.45) is 0 Å². The molecule has 0 aromatic carbocycles. The Balaban J connectivity index is 1.71. The number of aryl methyl sites for hydroxylation is 1. The van der Waals surface area contributed by atoms with Gasteiger partial charge in [-0.1, -0.05) is 6.07 Å². The smallest absolute Gasteiger partial charge is 0.263 e. The van der Waals surface area contributed by atoms with Crippen LogP contribution in [0.25, 0.3) is 9.88 Å². The normalized spacial score (nSPS) is 10.5. The Kier molecular flexibility index (Phi) is 4.68. The number of amides is 1. The van der Waals surface area contributed by atoms with Gasteiger partial charge in [0.2, 0.25) is 5.88 Å². The average molecular weight is 345 g/mol. The van der Waals surface area contributed by atoms with Crippen molar-refractivity contribution in [3.8, 4) is 15.8 Å². The quantitative estimate of drug-likeness (QED) is 0.768. The molecule has 5 nitrogen and oxygen atoms in total. The van der Waals surface area contributed by atoms with E-state index in [1.807, 2.05) is 30.5 Å². The Morgan fingerprint density at radius 2 is 2.26 bits per heavy atom. The second-order valence-corrected chi connectivity index (χ2v) is 6.75. The molecule has 0 aliphatic rings. The number of ether oxygens (including phenoxy) is 1. The predicted octanol–water partition coefficient (Wildman–Crippen LogP) is 3.51. The lowest BCUT2D eigenvalue weighted by molar-refractivity contribution is 0.0954. The number of rotatable bonds is 5. The first-order valence-corrected chi connectivity index (χ1v) is 8.65. The zero-order valence-electron chi connectivity index (χ0n) is 12.7. The molecule has 0 bridgehead atoms. The summed E-state index contributed by atoms with van der Waals surface area (Å²) >= 11 is 3.04. The monoisotopic (exact) mass is 345 g/mol. The molecule has 0 aliphatic carbocycles. The van der Waals surface area contributed by atoms with Crippen LogP contribution < -0.4 is 10.1 Å². The molecule has 3 heterocycles. The number of nitrogens with zero attached hydrogens (tertiary/aromatic N) is 2. The molecule has 0 radical (unpaired) electrons. The highest BCUT2D eigenvalue weighted by Crippen LogP contribution is 2.31. The van der Waals surface area contributed by atoms with Crippen LogP contribution in [-0.4, -0.2) is 23.0 Å². The van der Waals surface area contributed by atoms with Gasteiger partial charge >= 0.3 is 0 Å². The number of thiazole rings is 1. The van der Waals surface area contributed by atoms with Gasteiger partial charge in [-0.2, -0.15) is 0 Å². The van der Waals surface area contributed by atoms with Gasteiger partial charge in [0.25, 0.3) is 5.91 Å². The number of thiophene rings is 1. The zero-order chi connectivity index (χ0) is 16.2. The van der Waals surface area contributed by atoms with Gasteiger partial charge < -0.3 is 10.1 Å². The largest absolute Gasteiger partial charge is 0.481 e. The van der Waals surface area contributed by atoms with E-state index < -0.39 is 0 Å². The van der Waals surface area contributed by atoms with Gasteiger partial charge in [0, 0.05) is 18.8 Å². The van der Waals surface area contributed by atoms with E-state index in [1.54, 1.807) is 30.7 Å². The molecule has 118 valence electrons. The number of nitrogens with one attached hydrogen (secondary N) is 1. The van der Waals surface area contributed by atoms with Crippen LogP contribution in [0.2, 0.25) is 0 Å². The maximum absolute atomic E-state index is 12.4. The molecule has 3 aromatic heterocycles. The van der Waals surface area contributed by atoms with E-state index in [2.05, 4.69) is 15.3 Å². The summed E-state index contributed by atoms with van der Waals surface area (Å²) in [5, 5.41) is 5.80. The highest BCUT2D eigenvalue weighted by Gasteiger charge is 2.16. The number of methoxy groups -OCH3 is 1. The Labute approximate surface area is 142 Å². The Bertz CT molecular complexity index is 813. The number of carbonyl (C=O) groups is 1. The number of carbonyl (C=O) groups excluding carboxylic acids is 1. The van der Waals surface area contributed by atoms with Gasteiger partial charge in [-0.25, -0.2) is 9.97 Å². The van der Waals surface area contributed by atoms with Crippen LogP contribution in [0.3, 0.4) is 0 Å². The Hall–Kier alpha value is -2.25. The maximum atomic E-state index is 12.4. The molecule has 1 N–H and O–H groups in total. The van der Waals surface area contributed by atoms with Crippen LogP contribution >= 0.6 is 22.7 Å². The van der Waals surface area contributed by atoms with Crippen LogP contribution in [0.1, 0.15) is 20.9 Å². The second kappa shape index (κ2) is 6.89. The number of hydrogen-bond acceptors (Lipinski definition) is 6. The van der Waals surface area contributed by atoms with Crippen LogP contribution in [0.15, 0.2) is 35.8 Å². The lowest BCUT2D eigenvalue weighted by atomic mass is 10.2. The zero-order valence-corrected chi connectivity index (χ0v) is 14.3. The fourth-order valence-electron chi connectivity index (χ4n) is 2.05. The molecular formula is C16H15N3O2S2. The second-order valence-electron chi connectivity index (χ2n) is 4.80. The van der Waals surface area contributed by atoms with E-state index in [0.29, 0.717) is 17.3 Å². The van der Waals surface area contributed by atoms with E-state index >= 15 is 0 Å². The van der Waals surface area contributed by atoms with E-state index in [1.165, 1.54) is 11.3 Å². The summed E-state index contributed by atoms with van der Waals surface area (Å²) in [4.78, 5) is 22.7. The first-order valence-electron chi connectivity index (χ1n) is 6.96. The molecule has 0 aliphatic heterocycles. The molecule has 23 heavy (non-hydrogen) atoms. The first kappa shape index (κ1) is 15.6. The Morgan fingerprint density at radius 3 is 3.00 bits per heavy atom. The van der Waals surface area contributed by atoms with Crippen molar-refractivity contribution in [2.45, 2.75) is 13.5 Å². The molecule has 0 spiro atoms. The number of pyridine rings is 1. The topological polar surface area (TPSA) is 64.1 Å². The third-order valence-corrected chi connectivity index (χ3v) is 5.39. The highest BCUT2D eigenvalue weighted by atomic mass is 32.1. The summed E-state index contributed by atoms with van der Waals surface area (Å²) in [6, 6.07) is 7.64. The first-order chi connectivity index (χ1) is 11.2. The van der Waals surface area contributed by atoms with Crippen LogP contribution in [0.5, 0.6) is 5.88 Å². The summed E-state index contributed by atoms with van der Waals surface area (Å²) in [6.07, 6.45) is 1.66. The fourth-order valence-corrected chi connectivity index (χ4v) is 3.83. The molecule has 0 unspecified atom stereocenters. The minimum Gasteiger partial charge on any atom is -0.481 e. The minimum atomic E-state index is -0.112. The van der Waals surface area contributed by atoms with Gasteiger partial charge in [-0.05, 0) is 30.0 Å². The SMILES string of the molecule is COc1cc(CNC(=O)c2sc(-c3cccs3)nc2C)ccn1. The van der Waals surface area contributed by atoms with Gasteiger partial charge in [0.05, 0.1) is 17.7 Å². The summed E-state index contributed by atoms with van der Waals surface area (Å²) in [5.41, 5.74) is 1.69. The van der Waals surface area contributed by atoms with Gasteiger partial charge in [0.1, 0.15) is 9.88 Å². The van der Waals surface area contributed by atoms with Crippen molar-refractivity contribution >= 4 is 28.6 Å². The molecule has 3 rings (SSSR count). The summed E-state index contributed by atoms with van der Waals surface area (Å²) in [5.74, 6) is 0.421. The Morgan fingerprint density at radius 1 is 1.39 bits per heavy atom. The number of aromatic nitrogens is 2. The molecule has 0 saturated carbocycles. The van der Waals surface area contributed by atoms with Gasteiger partial charge in [-0.3, -0.25) is 4.79 Å². The van der Waals surface area contributed by atoms with E-state index in [0.717, 1.165) is 21.1 Å². The van der Waals surface area contributed by atoms with E-state index in [9.17, 15) is 4.79 Å². The fraction of sp³-hybridized carbons (Fsp3) is 0.188. The molecule has 7 heteroatoms. The lowest BCUT2D eigenvalue weighted by Gasteiger charge is -2.05. The summed E-state index contributed by atoms with van der Waals surface area (Å²) < 4.78 is 5.08. The standard InChI is InChI=1S/C16H15N3O2S2/c1-10-14(23-16(19-10)12-4-3-7-22-12)15(20)18-9-11-5-6-17-13(8-11)21-2/h3-8H,9H2,1-2H3,(H,18,20). The van der Waals surface area contributed by atoms with Crippen molar-refractivity contribution in [1.82, 2.24) is 15.3 Å².